The monoisotopic (exact) mass is 477 g/mol. The number of carbonyl (C=O) groups is 2. The van der Waals surface area contributed by atoms with E-state index in [1.807, 2.05) is 41.8 Å². The van der Waals surface area contributed by atoms with Gasteiger partial charge in [-0.3, -0.25) is 9.59 Å². The lowest BCUT2D eigenvalue weighted by Gasteiger charge is -2.07. The zero-order valence-electron chi connectivity index (χ0n) is 17.3. The van der Waals surface area contributed by atoms with Gasteiger partial charge in [0.15, 0.2) is 4.80 Å². The van der Waals surface area contributed by atoms with Crippen molar-refractivity contribution in [2.75, 3.05) is 7.11 Å². The highest BCUT2D eigenvalue weighted by Crippen LogP contribution is 2.28. The molecule has 0 saturated carbocycles. The van der Waals surface area contributed by atoms with Crippen molar-refractivity contribution in [3.8, 4) is 10.6 Å². The van der Waals surface area contributed by atoms with Gasteiger partial charge < -0.3 is 9.30 Å². The number of ether oxygens (including phenoxy) is 1. The minimum atomic E-state index is -0.498. The van der Waals surface area contributed by atoms with Gasteiger partial charge >= 0.3 is 5.97 Å². The van der Waals surface area contributed by atoms with Crippen LogP contribution in [0.25, 0.3) is 31.7 Å². The number of thiophene rings is 1. The Hall–Kier alpha value is -3.69. The van der Waals surface area contributed by atoms with Crippen molar-refractivity contribution in [1.82, 2.24) is 9.55 Å². The number of fused-ring (bicyclic) bond motifs is 2. The summed E-state index contributed by atoms with van der Waals surface area (Å²) < 4.78 is 20.7. The average molecular weight is 478 g/mol. The van der Waals surface area contributed by atoms with Crippen molar-refractivity contribution in [2.24, 2.45) is 4.99 Å². The molecule has 3 aromatic heterocycles. The molecule has 0 N–H and O–H groups in total. The molecule has 0 bridgehead atoms. The first kappa shape index (κ1) is 21.2. The van der Waals surface area contributed by atoms with Crippen molar-refractivity contribution < 1.29 is 18.7 Å². The van der Waals surface area contributed by atoms with Crippen LogP contribution in [0.2, 0.25) is 0 Å². The fourth-order valence-electron chi connectivity index (χ4n) is 3.53. The Kier molecular flexibility index (Phi) is 5.57. The molecule has 0 radical (unpaired) electrons. The number of hydrogen-bond donors (Lipinski definition) is 0. The number of aromatic nitrogens is 2. The van der Waals surface area contributed by atoms with Crippen molar-refractivity contribution >= 4 is 55.7 Å². The Morgan fingerprint density at radius 2 is 1.97 bits per heavy atom. The van der Waals surface area contributed by atoms with Crippen LogP contribution in [-0.4, -0.2) is 28.5 Å². The van der Waals surface area contributed by atoms with Gasteiger partial charge in [0.05, 0.1) is 39.0 Å². The molecule has 1 amide bonds. The Bertz CT molecular complexity index is 1590. The molecular formula is C24H16FN3O3S2. The molecular weight excluding hydrogens is 461 g/mol. The van der Waals surface area contributed by atoms with Crippen LogP contribution in [0.1, 0.15) is 10.4 Å². The number of benzene rings is 2. The predicted octanol–water partition coefficient (Wildman–Crippen LogP) is 5.03. The molecule has 5 aromatic rings. The molecule has 0 aliphatic carbocycles. The Morgan fingerprint density at radius 3 is 2.76 bits per heavy atom. The lowest BCUT2D eigenvalue weighted by atomic mass is 10.1. The first-order valence-electron chi connectivity index (χ1n) is 9.92. The highest BCUT2D eigenvalue weighted by atomic mass is 32.1. The zero-order valence-corrected chi connectivity index (χ0v) is 19.0. The second-order valence-corrected chi connectivity index (χ2v) is 9.08. The van der Waals surface area contributed by atoms with Crippen molar-refractivity contribution in [1.29, 1.82) is 0 Å². The van der Waals surface area contributed by atoms with E-state index in [4.69, 9.17) is 9.72 Å². The van der Waals surface area contributed by atoms with Gasteiger partial charge in [-0.2, -0.15) is 4.99 Å². The molecule has 0 unspecified atom stereocenters. The van der Waals surface area contributed by atoms with Gasteiger partial charge in [-0.1, -0.05) is 35.6 Å². The fraction of sp³-hybridized carbons (Fsp3) is 0.0833. The standard InChI is InChI=1S/C24H16FN3O3S2/c1-31-22(29)13-28-19-9-8-14(25)11-21(19)33-24(28)27-23(30)16-12-18(20-7-4-10-32-20)26-17-6-3-2-5-15(16)17/h2-12H,13H2,1H3. The first-order chi connectivity index (χ1) is 16.0. The van der Waals surface area contributed by atoms with Crippen LogP contribution in [0.3, 0.4) is 0 Å². The number of thiazole rings is 1. The number of hydrogen-bond acceptors (Lipinski definition) is 6. The van der Waals surface area contributed by atoms with Crippen LogP contribution < -0.4 is 4.80 Å². The topological polar surface area (TPSA) is 73.6 Å². The number of methoxy groups -OCH3 is 1. The van der Waals surface area contributed by atoms with Gasteiger partial charge in [0.2, 0.25) is 0 Å². The van der Waals surface area contributed by atoms with Gasteiger partial charge in [0.1, 0.15) is 12.4 Å². The minimum absolute atomic E-state index is 0.147. The predicted molar refractivity (Wildman–Crippen MR) is 127 cm³/mol. The summed E-state index contributed by atoms with van der Waals surface area (Å²) in [5.41, 5.74) is 2.36. The lowest BCUT2D eigenvalue weighted by molar-refractivity contribution is -0.141. The summed E-state index contributed by atoms with van der Waals surface area (Å²) in [5.74, 6) is -1.38. The number of esters is 1. The maximum absolute atomic E-state index is 13.8. The molecule has 0 saturated heterocycles. The number of carbonyl (C=O) groups excluding carboxylic acids is 2. The van der Waals surface area contributed by atoms with Crippen LogP contribution in [0.5, 0.6) is 0 Å². The number of halogens is 1. The van der Waals surface area contributed by atoms with E-state index in [0.717, 1.165) is 16.2 Å². The molecule has 5 rings (SSSR count). The summed E-state index contributed by atoms with van der Waals surface area (Å²) in [4.78, 5) is 35.7. The molecule has 33 heavy (non-hydrogen) atoms. The molecule has 9 heteroatoms. The third kappa shape index (κ3) is 4.08. The van der Waals surface area contributed by atoms with Crippen LogP contribution in [0.15, 0.2) is 71.0 Å². The number of para-hydroxylation sites is 1. The van der Waals surface area contributed by atoms with E-state index in [0.29, 0.717) is 32.4 Å². The number of nitrogens with zero attached hydrogens (tertiary/aromatic N) is 3. The molecule has 0 fully saturated rings. The molecule has 164 valence electrons. The van der Waals surface area contributed by atoms with E-state index in [1.165, 1.54) is 30.6 Å². The third-order valence-corrected chi connectivity index (χ3v) is 7.01. The Morgan fingerprint density at radius 1 is 1.12 bits per heavy atom. The van der Waals surface area contributed by atoms with Crippen molar-refractivity contribution in [2.45, 2.75) is 6.54 Å². The van der Waals surface area contributed by atoms with Gasteiger partial charge in [-0.15, -0.1) is 11.3 Å². The van der Waals surface area contributed by atoms with E-state index >= 15 is 0 Å². The van der Waals surface area contributed by atoms with Crippen LogP contribution >= 0.6 is 22.7 Å². The summed E-state index contributed by atoms with van der Waals surface area (Å²) in [6.07, 6.45) is 0. The molecule has 6 nitrogen and oxygen atoms in total. The van der Waals surface area contributed by atoms with Gasteiger partial charge in [0, 0.05) is 5.39 Å². The van der Waals surface area contributed by atoms with E-state index in [-0.39, 0.29) is 11.3 Å². The Balaban J connectivity index is 1.70. The van der Waals surface area contributed by atoms with Crippen LogP contribution in [0, 0.1) is 5.82 Å². The smallest absolute Gasteiger partial charge is 0.325 e. The zero-order chi connectivity index (χ0) is 22.9. The summed E-state index contributed by atoms with van der Waals surface area (Å²) in [7, 11) is 1.29. The SMILES string of the molecule is COC(=O)Cn1c(=NC(=O)c2cc(-c3cccs3)nc3ccccc23)sc2cc(F)ccc21. The molecule has 0 atom stereocenters. The Labute approximate surface area is 195 Å². The quantitative estimate of drug-likeness (QED) is 0.340. The lowest BCUT2D eigenvalue weighted by Crippen LogP contribution is -2.22. The van der Waals surface area contributed by atoms with Gasteiger partial charge in [-0.05, 0) is 41.8 Å². The summed E-state index contributed by atoms with van der Waals surface area (Å²) in [6.45, 7) is -0.147. The summed E-state index contributed by atoms with van der Waals surface area (Å²) in [6, 6.07) is 17.2. The molecule has 2 aromatic carbocycles. The van der Waals surface area contributed by atoms with E-state index in [1.54, 1.807) is 16.7 Å². The summed E-state index contributed by atoms with van der Waals surface area (Å²) >= 11 is 2.67. The fourth-order valence-corrected chi connectivity index (χ4v) is 5.27. The normalized spacial score (nSPS) is 11.9. The second-order valence-electron chi connectivity index (χ2n) is 7.13. The third-order valence-electron chi connectivity index (χ3n) is 5.08. The average Bonchev–Trinajstić information content (AvgIpc) is 3.47. The second kappa shape index (κ2) is 8.68. The highest BCUT2D eigenvalue weighted by molar-refractivity contribution is 7.16. The molecule has 0 spiro atoms. The van der Waals surface area contributed by atoms with E-state index in [9.17, 15) is 14.0 Å². The molecule has 0 aliphatic heterocycles. The summed E-state index contributed by atoms with van der Waals surface area (Å²) in [5, 5.41) is 2.63. The first-order valence-corrected chi connectivity index (χ1v) is 11.6. The molecule has 3 heterocycles. The van der Waals surface area contributed by atoms with E-state index in [2.05, 4.69) is 4.99 Å². The highest BCUT2D eigenvalue weighted by Gasteiger charge is 2.16. The number of rotatable bonds is 4. The largest absolute Gasteiger partial charge is 0.468 e. The van der Waals surface area contributed by atoms with Crippen LogP contribution in [-0.2, 0) is 16.1 Å². The minimum Gasteiger partial charge on any atom is -0.468 e. The van der Waals surface area contributed by atoms with Gasteiger partial charge in [-0.25, -0.2) is 9.37 Å². The van der Waals surface area contributed by atoms with Crippen molar-refractivity contribution in [3.05, 3.63) is 82.2 Å². The maximum Gasteiger partial charge on any atom is 0.325 e. The maximum atomic E-state index is 13.8. The number of amides is 1. The van der Waals surface area contributed by atoms with E-state index < -0.39 is 17.7 Å². The van der Waals surface area contributed by atoms with Crippen LogP contribution in [0.4, 0.5) is 4.39 Å². The number of pyridine rings is 1. The van der Waals surface area contributed by atoms with Crippen molar-refractivity contribution in [3.63, 3.8) is 0 Å². The van der Waals surface area contributed by atoms with Gasteiger partial charge in [0.25, 0.3) is 5.91 Å². The molecule has 0 aliphatic rings.